The lowest BCUT2D eigenvalue weighted by molar-refractivity contribution is -0.141. The van der Waals surface area contributed by atoms with Crippen molar-refractivity contribution >= 4 is 11.4 Å². The first-order valence-electron chi connectivity index (χ1n) is 4.54. The van der Waals surface area contributed by atoms with Crippen LogP contribution in [0.25, 0.3) is 0 Å². The number of nitrogen functional groups attached to an aromatic ring is 1. The monoisotopic (exact) mass is 255 g/mol. The average Bonchev–Trinajstić information content (AvgIpc) is 2.15. The summed E-state index contributed by atoms with van der Waals surface area (Å²) in [6.07, 6.45) is -6.49. The minimum atomic E-state index is -4.63. The highest BCUT2D eigenvalue weighted by Gasteiger charge is 2.33. The molecular weight excluding hydrogens is 245 g/mol. The Morgan fingerprint density at radius 2 is 2.00 bits per heavy atom. The van der Waals surface area contributed by atoms with Gasteiger partial charge in [-0.1, -0.05) is 0 Å². The summed E-state index contributed by atoms with van der Waals surface area (Å²) in [7, 11) is 1.23. The summed E-state index contributed by atoms with van der Waals surface area (Å²) in [5, 5.41) is 0. The number of hydrogen-bond acceptors (Lipinski definition) is 3. The Hall–Kier alpha value is -1.60. The Kier molecular flexibility index (Phi) is 3.74. The molecule has 0 fully saturated rings. The van der Waals surface area contributed by atoms with E-state index in [-0.39, 0.29) is 11.4 Å². The predicted octanol–water partition coefficient (Wildman–Crippen LogP) is 2.38. The third-order valence-electron chi connectivity index (χ3n) is 2.03. The van der Waals surface area contributed by atoms with Crippen LogP contribution in [-0.2, 0) is 6.18 Å². The fraction of sp³-hybridized carbons (Fsp3) is 0.444. The SMILES string of the molecule is CN(CC(F)F)c1cc(C(F)(F)F)ncc1N. The number of hydrogen-bond donors (Lipinski definition) is 1. The molecular formula is C9H10F5N3. The number of rotatable bonds is 3. The smallest absolute Gasteiger partial charge is 0.396 e. The van der Waals surface area contributed by atoms with Gasteiger partial charge in [0, 0.05) is 7.05 Å². The topological polar surface area (TPSA) is 42.2 Å². The van der Waals surface area contributed by atoms with Crippen molar-refractivity contribution in [3.05, 3.63) is 18.0 Å². The molecule has 96 valence electrons. The molecule has 0 amide bonds. The summed E-state index contributed by atoms with van der Waals surface area (Å²) in [4.78, 5) is 4.06. The van der Waals surface area contributed by atoms with Gasteiger partial charge in [-0.05, 0) is 6.07 Å². The van der Waals surface area contributed by atoms with Crippen LogP contribution in [-0.4, -0.2) is 25.0 Å². The molecule has 0 saturated heterocycles. The first kappa shape index (κ1) is 13.5. The standard InChI is InChI=1S/C9H10F5N3/c1-17(4-8(10)11)6-2-7(9(12,13)14)16-3-5(6)15/h2-3,8H,4,15H2,1H3. The lowest BCUT2D eigenvalue weighted by atomic mass is 10.2. The molecule has 1 aromatic heterocycles. The molecule has 1 heterocycles. The number of aromatic nitrogens is 1. The number of halogens is 5. The van der Waals surface area contributed by atoms with Gasteiger partial charge in [-0.25, -0.2) is 13.8 Å². The Bertz CT molecular complexity index is 391. The number of anilines is 2. The van der Waals surface area contributed by atoms with Crippen LogP contribution in [0.3, 0.4) is 0 Å². The minimum absolute atomic E-state index is 0.0823. The van der Waals surface area contributed by atoms with Crippen LogP contribution in [0.5, 0.6) is 0 Å². The molecule has 0 atom stereocenters. The van der Waals surface area contributed by atoms with E-state index in [9.17, 15) is 22.0 Å². The van der Waals surface area contributed by atoms with Crippen molar-refractivity contribution in [3.8, 4) is 0 Å². The molecule has 2 N–H and O–H groups in total. The molecule has 0 aliphatic rings. The molecule has 0 radical (unpaired) electrons. The van der Waals surface area contributed by atoms with E-state index in [0.29, 0.717) is 6.07 Å². The highest BCUT2D eigenvalue weighted by Crippen LogP contribution is 2.32. The summed E-state index contributed by atoms with van der Waals surface area (Å²) >= 11 is 0. The van der Waals surface area contributed by atoms with Crippen LogP contribution >= 0.6 is 0 Å². The zero-order chi connectivity index (χ0) is 13.2. The maximum absolute atomic E-state index is 12.4. The molecule has 8 heteroatoms. The number of alkyl halides is 5. The zero-order valence-electron chi connectivity index (χ0n) is 8.80. The molecule has 0 aliphatic heterocycles. The fourth-order valence-electron chi connectivity index (χ4n) is 1.25. The Morgan fingerprint density at radius 3 is 2.47 bits per heavy atom. The summed E-state index contributed by atoms with van der Waals surface area (Å²) < 4.78 is 61.3. The summed E-state index contributed by atoms with van der Waals surface area (Å²) in [6.45, 7) is -0.703. The Morgan fingerprint density at radius 1 is 1.41 bits per heavy atom. The molecule has 0 saturated carbocycles. The van der Waals surface area contributed by atoms with E-state index < -0.39 is 24.8 Å². The summed E-state index contributed by atoms with van der Waals surface area (Å²) in [5.74, 6) is 0. The first-order chi connectivity index (χ1) is 7.71. The van der Waals surface area contributed by atoms with Gasteiger partial charge in [-0.15, -0.1) is 0 Å². The van der Waals surface area contributed by atoms with Gasteiger partial charge in [0.1, 0.15) is 5.69 Å². The predicted molar refractivity (Wildman–Crippen MR) is 52.9 cm³/mol. The highest BCUT2D eigenvalue weighted by atomic mass is 19.4. The van der Waals surface area contributed by atoms with Gasteiger partial charge in [-0.2, -0.15) is 13.2 Å². The molecule has 0 spiro atoms. The molecule has 17 heavy (non-hydrogen) atoms. The number of nitrogens with zero attached hydrogens (tertiary/aromatic N) is 2. The van der Waals surface area contributed by atoms with E-state index in [0.717, 1.165) is 11.1 Å². The van der Waals surface area contributed by atoms with Crippen LogP contribution in [0.15, 0.2) is 12.3 Å². The van der Waals surface area contributed by atoms with E-state index in [1.54, 1.807) is 0 Å². The van der Waals surface area contributed by atoms with E-state index >= 15 is 0 Å². The van der Waals surface area contributed by atoms with Crippen molar-refractivity contribution in [3.63, 3.8) is 0 Å². The van der Waals surface area contributed by atoms with Gasteiger partial charge in [0.25, 0.3) is 6.43 Å². The first-order valence-corrected chi connectivity index (χ1v) is 4.54. The van der Waals surface area contributed by atoms with Crippen molar-refractivity contribution in [1.82, 2.24) is 4.98 Å². The van der Waals surface area contributed by atoms with Crippen LogP contribution < -0.4 is 10.6 Å². The quantitative estimate of drug-likeness (QED) is 0.843. The average molecular weight is 255 g/mol. The van der Waals surface area contributed by atoms with Crippen molar-refractivity contribution in [2.75, 3.05) is 24.2 Å². The lowest BCUT2D eigenvalue weighted by Gasteiger charge is -2.21. The molecule has 0 aliphatic carbocycles. The second-order valence-electron chi connectivity index (χ2n) is 3.40. The van der Waals surface area contributed by atoms with Crippen LogP contribution in [0.2, 0.25) is 0 Å². The molecule has 0 unspecified atom stereocenters. The van der Waals surface area contributed by atoms with E-state index in [2.05, 4.69) is 4.98 Å². The van der Waals surface area contributed by atoms with E-state index in [4.69, 9.17) is 5.73 Å². The molecule has 0 aromatic carbocycles. The maximum atomic E-state index is 12.4. The second-order valence-corrected chi connectivity index (χ2v) is 3.40. The third kappa shape index (κ3) is 3.43. The van der Waals surface area contributed by atoms with Crippen LogP contribution in [0.4, 0.5) is 33.3 Å². The van der Waals surface area contributed by atoms with Gasteiger partial charge in [-0.3, -0.25) is 0 Å². The van der Waals surface area contributed by atoms with E-state index in [1.165, 1.54) is 7.05 Å². The Balaban J connectivity index is 3.06. The molecule has 3 nitrogen and oxygen atoms in total. The van der Waals surface area contributed by atoms with Gasteiger partial charge < -0.3 is 10.6 Å². The van der Waals surface area contributed by atoms with Crippen molar-refractivity contribution in [2.45, 2.75) is 12.6 Å². The summed E-state index contributed by atoms with van der Waals surface area (Å²) in [6, 6.07) is 0.651. The normalized spacial score (nSPS) is 11.9. The van der Waals surface area contributed by atoms with E-state index in [1.807, 2.05) is 0 Å². The van der Waals surface area contributed by atoms with Crippen LogP contribution in [0, 0.1) is 0 Å². The lowest BCUT2D eigenvalue weighted by Crippen LogP contribution is -2.25. The molecule has 0 bridgehead atoms. The number of nitrogens with two attached hydrogens (primary N) is 1. The number of pyridine rings is 1. The maximum Gasteiger partial charge on any atom is 0.433 e. The second kappa shape index (κ2) is 4.72. The fourth-order valence-corrected chi connectivity index (χ4v) is 1.25. The van der Waals surface area contributed by atoms with Crippen molar-refractivity contribution in [1.29, 1.82) is 0 Å². The highest BCUT2D eigenvalue weighted by molar-refractivity contribution is 5.66. The summed E-state index contributed by atoms with van der Waals surface area (Å²) in [5.41, 5.74) is 4.03. The van der Waals surface area contributed by atoms with Crippen LogP contribution in [0.1, 0.15) is 5.69 Å². The van der Waals surface area contributed by atoms with Gasteiger partial charge in [0.05, 0.1) is 24.1 Å². The Labute approximate surface area is 94.0 Å². The van der Waals surface area contributed by atoms with Gasteiger partial charge in [0.15, 0.2) is 0 Å². The molecule has 1 aromatic rings. The molecule has 1 rings (SSSR count). The van der Waals surface area contributed by atoms with Gasteiger partial charge in [0.2, 0.25) is 0 Å². The van der Waals surface area contributed by atoms with Crippen molar-refractivity contribution in [2.24, 2.45) is 0 Å². The van der Waals surface area contributed by atoms with Crippen molar-refractivity contribution < 1.29 is 22.0 Å². The largest absolute Gasteiger partial charge is 0.433 e. The minimum Gasteiger partial charge on any atom is -0.396 e. The third-order valence-corrected chi connectivity index (χ3v) is 2.03. The van der Waals surface area contributed by atoms with Gasteiger partial charge >= 0.3 is 6.18 Å². The zero-order valence-corrected chi connectivity index (χ0v) is 8.80.